The molecule has 1 aromatic rings. The summed E-state index contributed by atoms with van der Waals surface area (Å²) in [6, 6.07) is 0. The van der Waals surface area contributed by atoms with Gasteiger partial charge >= 0.3 is 0 Å². The minimum atomic E-state index is -0.361. The second-order valence-corrected chi connectivity index (χ2v) is 7.69. The van der Waals surface area contributed by atoms with Crippen LogP contribution in [-0.2, 0) is 0 Å². The lowest BCUT2D eigenvalue weighted by Gasteiger charge is -2.23. The molecule has 2 N–H and O–H groups in total. The van der Waals surface area contributed by atoms with Gasteiger partial charge in [0.2, 0.25) is 10.9 Å². The maximum absolute atomic E-state index is 11.5. The lowest BCUT2D eigenvalue weighted by Crippen LogP contribution is -2.37. The van der Waals surface area contributed by atoms with E-state index in [-0.39, 0.29) is 10.9 Å². The molecule has 0 aromatic heterocycles. The zero-order valence-electron chi connectivity index (χ0n) is 17.5. The van der Waals surface area contributed by atoms with E-state index in [2.05, 4.69) is 17.1 Å². The van der Waals surface area contributed by atoms with E-state index in [4.69, 9.17) is 5.11 Å². The summed E-state index contributed by atoms with van der Waals surface area (Å²) in [5.41, 5.74) is 0.393. The molecule has 27 heavy (non-hydrogen) atoms. The standard InChI is InChI=1S/C22H40N2O3/c1-3-4-5-6-7-10-15-24(16-11-8-9-12-18-25)17-13-14-23-20-19(2)21(26)22(20)27/h23,25H,3-18H2,1-2H3. The van der Waals surface area contributed by atoms with Crippen molar-refractivity contribution in [2.45, 2.75) is 84.5 Å². The molecule has 0 unspecified atom stereocenters. The van der Waals surface area contributed by atoms with Crippen LogP contribution in [0, 0.1) is 6.92 Å². The predicted molar refractivity (Wildman–Crippen MR) is 115 cm³/mol. The summed E-state index contributed by atoms with van der Waals surface area (Å²) < 4.78 is 0. The fraction of sp³-hybridized carbons (Fsp3) is 0.818. The van der Waals surface area contributed by atoms with E-state index in [9.17, 15) is 9.59 Å². The number of nitrogens with one attached hydrogen (secondary N) is 1. The van der Waals surface area contributed by atoms with Crippen LogP contribution in [0.5, 0.6) is 0 Å². The summed E-state index contributed by atoms with van der Waals surface area (Å²) >= 11 is 0. The van der Waals surface area contributed by atoms with Gasteiger partial charge in [-0.3, -0.25) is 9.59 Å². The molecular formula is C22H40N2O3. The van der Waals surface area contributed by atoms with Gasteiger partial charge < -0.3 is 15.3 Å². The van der Waals surface area contributed by atoms with Crippen molar-refractivity contribution in [3.05, 3.63) is 26.0 Å². The molecule has 0 aliphatic carbocycles. The molecule has 0 radical (unpaired) electrons. The van der Waals surface area contributed by atoms with Crippen molar-refractivity contribution in [2.75, 3.05) is 38.1 Å². The van der Waals surface area contributed by atoms with Crippen LogP contribution in [0.1, 0.15) is 83.1 Å². The Bertz CT molecular complexity index is 564. The Kier molecular flexibility index (Phi) is 13.1. The smallest absolute Gasteiger partial charge is 0.249 e. The number of nitrogens with zero attached hydrogens (tertiary/aromatic N) is 1. The van der Waals surface area contributed by atoms with Crippen LogP contribution in [0.4, 0.5) is 5.69 Å². The Labute approximate surface area is 164 Å². The summed E-state index contributed by atoms with van der Waals surface area (Å²) in [7, 11) is 0. The minimum Gasteiger partial charge on any atom is -0.396 e. The molecule has 0 saturated heterocycles. The van der Waals surface area contributed by atoms with Gasteiger partial charge in [0, 0.05) is 18.7 Å². The van der Waals surface area contributed by atoms with Crippen molar-refractivity contribution < 1.29 is 5.11 Å². The number of hydrogen-bond donors (Lipinski definition) is 2. The number of aliphatic hydroxyl groups excluding tert-OH is 1. The first kappa shape index (κ1) is 23.8. The quantitative estimate of drug-likeness (QED) is 0.301. The first-order chi connectivity index (χ1) is 13.1. The van der Waals surface area contributed by atoms with Gasteiger partial charge in [-0.1, -0.05) is 51.9 Å². The number of rotatable bonds is 18. The van der Waals surface area contributed by atoms with Gasteiger partial charge in [0.1, 0.15) is 0 Å². The molecule has 156 valence electrons. The fourth-order valence-corrected chi connectivity index (χ4v) is 3.49. The Morgan fingerprint density at radius 2 is 1.33 bits per heavy atom. The average molecular weight is 381 g/mol. The highest BCUT2D eigenvalue weighted by molar-refractivity contribution is 5.55. The van der Waals surface area contributed by atoms with Gasteiger partial charge in [-0.25, -0.2) is 0 Å². The topological polar surface area (TPSA) is 69.6 Å². The van der Waals surface area contributed by atoms with E-state index < -0.39 is 0 Å². The van der Waals surface area contributed by atoms with Crippen molar-refractivity contribution in [1.29, 1.82) is 0 Å². The molecular weight excluding hydrogens is 340 g/mol. The van der Waals surface area contributed by atoms with Crippen LogP contribution >= 0.6 is 0 Å². The summed E-state index contributed by atoms with van der Waals surface area (Å²) in [6.45, 7) is 8.27. The summed E-state index contributed by atoms with van der Waals surface area (Å²) in [6.07, 6.45) is 13.2. The van der Waals surface area contributed by atoms with Crippen LogP contribution in [0.2, 0.25) is 0 Å². The molecule has 0 fully saturated rings. The van der Waals surface area contributed by atoms with E-state index in [1.165, 1.54) is 51.4 Å². The molecule has 0 atom stereocenters. The summed E-state index contributed by atoms with van der Waals surface area (Å²) in [4.78, 5) is 25.3. The second-order valence-electron chi connectivity index (χ2n) is 7.69. The highest BCUT2D eigenvalue weighted by atomic mass is 16.3. The third-order valence-electron chi connectivity index (χ3n) is 5.31. The van der Waals surface area contributed by atoms with Crippen LogP contribution in [-0.4, -0.2) is 42.8 Å². The van der Waals surface area contributed by atoms with Gasteiger partial charge in [0.15, 0.2) is 0 Å². The normalized spacial score (nSPS) is 11.6. The van der Waals surface area contributed by atoms with E-state index in [0.717, 1.165) is 45.4 Å². The monoisotopic (exact) mass is 380 g/mol. The number of aliphatic hydroxyl groups is 1. The lowest BCUT2D eigenvalue weighted by atomic mass is 10.1. The van der Waals surface area contributed by atoms with Crippen LogP contribution in [0.3, 0.4) is 0 Å². The third-order valence-corrected chi connectivity index (χ3v) is 5.31. The SMILES string of the molecule is CCCCCCCCN(CCCCCCO)CCCNc1c(C)c(=O)c1=O. The van der Waals surface area contributed by atoms with Crippen molar-refractivity contribution >= 4 is 5.69 Å². The van der Waals surface area contributed by atoms with E-state index in [1.807, 2.05) is 0 Å². The van der Waals surface area contributed by atoms with Crippen molar-refractivity contribution in [2.24, 2.45) is 0 Å². The Hall–Kier alpha value is -1.20. The maximum atomic E-state index is 11.5. The first-order valence-corrected chi connectivity index (χ1v) is 11.0. The maximum Gasteiger partial charge on any atom is 0.249 e. The van der Waals surface area contributed by atoms with Crippen molar-refractivity contribution in [1.82, 2.24) is 4.90 Å². The molecule has 5 heteroatoms. The molecule has 0 bridgehead atoms. The minimum absolute atomic E-state index is 0.295. The van der Waals surface area contributed by atoms with Crippen molar-refractivity contribution in [3.8, 4) is 0 Å². The second kappa shape index (κ2) is 14.8. The summed E-state index contributed by atoms with van der Waals surface area (Å²) in [5, 5.41) is 12.0. The van der Waals surface area contributed by atoms with Crippen molar-refractivity contribution in [3.63, 3.8) is 0 Å². The largest absolute Gasteiger partial charge is 0.396 e. The highest BCUT2D eigenvalue weighted by Gasteiger charge is 2.15. The number of hydrogen-bond acceptors (Lipinski definition) is 5. The van der Waals surface area contributed by atoms with Gasteiger partial charge in [0.25, 0.3) is 0 Å². The zero-order chi connectivity index (χ0) is 19.9. The Balaban J connectivity index is 2.24. The van der Waals surface area contributed by atoms with Crippen LogP contribution < -0.4 is 16.2 Å². The van der Waals surface area contributed by atoms with Gasteiger partial charge in [-0.15, -0.1) is 0 Å². The van der Waals surface area contributed by atoms with Gasteiger partial charge in [-0.05, 0) is 52.2 Å². The Morgan fingerprint density at radius 1 is 0.778 bits per heavy atom. The zero-order valence-corrected chi connectivity index (χ0v) is 17.5. The predicted octanol–water partition coefficient (Wildman–Crippen LogP) is 3.61. The molecule has 1 rings (SSSR count). The molecule has 0 spiro atoms. The molecule has 1 aromatic carbocycles. The van der Waals surface area contributed by atoms with Crippen LogP contribution in [0.15, 0.2) is 9.59 Å². The average Bonchev–Trinajstić information content (AvgIpc) is 2.68. The van der Waals surface area contributed by atoms with E-state index >= 15 is 0 Å². The molecule has 0 heterocycles. The van der Waals surface area contributed by atoms with Gasteiger partial charge in [0.05, 0.1) is 5.69 Å². The summed E-state index contributed by atoms with van der Waals surface area (Å²) in [5.74, 6) is 0. The first-order valence-electron chi connectivity index (χ1n) is 11.0. The lowest BCUT2D eigenvalue weighted by molar-refractivity contribution is 0.253. The number of anilines is 1. The molecule has 0 aliphatic heterocycles. The Morgan fingerprint density at radius 3 is 1.93 bits per heavy atom. The van der Waals surface area contributed by atoms with E-state index in [1.54, 1.807) is 6.92 Å². The van der Waals surface area contributed by atoms with Crippen LogP contribution in [0.25, 0.3) is 0 Å². The van der Waals surface area contributed by atoms with Gasteiger partial charge in [-0.2, -0.15) is 0 Å². The molecule has 0 saturated carbocycles. The number of unbranched alkanes of at least 4 members (excludes halogenated alkanes) is 8. The molecule has 0 aliphatic rings. The van der Waals surface area contributed by atoms with E-state index in [0.29, 0.717) is 17.9 Å². The highest BCUT2D eigenvalue weighted by Crippen LogP contribution is 2.09. The molecule has 0 amide bonds. The molecule has 5 nitrogen and oxygen atoms in total. The fourth-order valence-electron chi connectivity index (χ4n) is 3.49. The third kappa shape index (κ3) is 9.52.